The Hall–Kier alpha value is -2.91. The smallest absolute Gasteiger partial charge is 0.337 e. The predicted molar refractivity (Wildman–Crippen MR) is 106 cm³/mol. The predicted octanol–water partition coefficient (Wildman–Crippen LogP) is 2.28. The standard InChI is InChI=1S/C20H22N2O6S/c1-27-20(24)15-4-8-17(9-5-15)28-14-19(23)21-16-6-10-18(11-7-16)29(25,26)22-12-2-3-13-22/h4-11H,2-3,12-14H2,1H3,(H,21,23). The van der Waals surface area contributed by atoms with Gasteiger partial charge < -0.3 is 14.8 Å². The molecular formula is C20H22N2O6S. The molecule has 154 valence electrons. The summed E-state index contributed by atoms with van der Waals surface area (Å²) in [6.45, 7) is 0.850. The largest absolute Gasteiger partial charge is 0.484 e. The number of amides is 1. The van der Waals surface area contributed by atoms with Crippen LogP contribution in [0.2, 0.25) is 0 Å². The lowest BCUT2D eigenvalue weighted by Crippen LogP contribution is -2.27. The molecule has 0 atom stereocenters. The van der Waals surface area contributed by atoms with E-state index < -0.39 is 21.9 Å². The van der Waals surface area contributed by atoms with Crippen molar-refractivity contribution in [3.8, 4) is 5.75 Å². The van der Waals surface area contributed by atoms with Crippen LogP contribution in [0.3, 0.4) is 0 Å². The Balaban J connectivity index is 1.53. The van der Waals surface area contributed by atoms with Crippen LogP contribution >= 0.6 is 0 Å². The van der Waals surface area contributed by atoms with Crippen LogP contribution in [0.1, 0.15) is 23.2 Å². The Morgan fingerprint density at radius 2 is 1.62 bits per heavy atom. The van der Waals surface area contributed by atoms with Gasteiger partial charge in [-0.2, -0.15) is 4.31 Å². The molecule has 1 aliphatic heterocycles. The van der Waals surface area contributed by atoms with Gasteiger partial charge in [-0.1, -0.05) is 0 Å². The number of nitrogens with one attached hydrogen (secondary N) is 1. The molecule has 2 aromatic carbocycles. The minimum Gasteiger partial charge on any atom is -0.484 e. The maximum absolute atomic E-state index is 12.5. The van der Waals surface area contributed by atoms with Crippen molar-refractivity contribution in [1.29, 1.82) is 0 Å². The third kappa shape index (κ3) is 5.12. The third-order valence-corrected chi connectivity index (χ3v) is 6.40. The van der Waals surface area contributed by atoms with E-state index in [2.05, 4.69) is 10.1 Å². The molecule has 9 heteroatoms. The van der Waals surface area contributed by atoms with Gasteiger partial charge in [-0.25, -0.2) is 13.2 Å². The molecule has 0 radical (unpaired) electrons. The van der Waals surface area contributed by atoms with E-state index in [0.717, 1.165) is 12.8 Å². The summed E-state index contributed by atoms with van der Waals surface area (Å²) in [5, 5.41) is 2.65. The number of esters is 1. The first-order chi connectivity index (χ1) is 13.9. The van der Waals surface area contributed by atoms with Crippen LogP contribution in [0, 0.1) is 0 Å². The van der Waals surface area contributed by atoms with Gasteiger partial charge in [0.2, 0.25) is 10.0 Å². The van der Waals surface area contributed by atoms with Crippen molar-refractivity contribution in [2.45, 2.75) is 17.7 Å². The molecule has 1 aliphatic rings. The summed E-state index contributed by atoms with van der Waals surface area (Å²) in [7, 11) is -2.18. The number of benzene rings is 2. The van der Waals surface area contributed by atoms with Crippen molar-refractivity contribution in [3.05, 3.63) is 54.1 Å². The molecule has 0 aromatic heterocycles. The number of sulfonamides is 1. The SMILES string of the molecule is COC(=O)c1ccc(OCC(=O)Nc2ccc(S(=O)(=O)N3CCCC3)cc2)cc1. The minimum atomic E-state index is -3.48. The van der Waals surface area contributed by atoms with E-state index in [1.807, 2.05) is 0 Å². The number of hydrogen-bond acceptors (Lipinski definition) is 6. The van der Waals surface area contributed by atoms with Crippen LogP contribution < -0.4 is 10.1 Å². The summed E-state index contributed by atoms with van der Waals surface area (Å²) in [4.78, 5) is 23.7. The molecule has 1 N–H and O–H groups in total. The third-order valence-electron chi connectivity index (χ3n) is 4.49. The molecule has 1 fully saturated rings. The van der Waals surface area contributed by atoms with Crippen LogP contribution in [-0.4, -0.2) is 51.4 Å². The fourth-order valence-corrected chi connectivity index (χ4v) is 4.46. The minimum absolute atomic E-state index is 0.208. The summed E-state index contributed by atoms with van der Waals surface area (Å²) >= 11 is 0. The van der Waals surface area contributed by atoms with E-state index >= 15 is 0 Å². The summed E-state index contributed by atoms with van der Waals surface area (Å²) in [5.74, 6) is -0.415. The zero-order valence-corrected chi connectivity index (χ0v) is 16.8. The van der Waals surface area contributed by atoms with E-state index in [-0.39, 0.29) is 11.5 Å². The molecule has 2 aromatic rings. The Morgan fingerprint density at radius 1 is 1.00 bits per heavy atom. The molecule has 0 unspecified atom stereocenters. The van der Waals surface area contributed by atoms with Crippen LogP contribution in [0.4, 0.5) is 5.69 Å². The van der Waals surface area contributed by atoms with Gasteiger partial charge in [-0.15, -0.1) is 0 Å². The van der Waals surface area contributed by atoms with Crippen LogP contribution in [0.15, 0.2) is 53.4 Å². The van der Waals surface area contributed by atoms with Crippen LogP contribution in [0.5, 0.6) is 5.75 Å². The molecule has 0 aliphatic carbocycles. The molecule has 0 saturated carbocycles. The Kier molecular flexibility index (Phi) is 6.50. The van der Waals surface area contributed by atoms with E-state index in [4.69, 9.17) is 4.74 Å². The van der Waals surface area contributed by atoms with Crippen molar-refractivity contribution in [2.24, 2.45) is 0 Å². The number of methoxy groups -OCH3 is 1. The first-order valence-electron chi connectivity index (χ1n) is 9.11. The quantitative estimate of drug-likeness (QED) is 0.692. The normalized spacial score (nSPS) is 14.4. The second kappa shape index (κ2) is 9.06. The molecule has 1 saturated heterocycles. The Labute approximate surface area is 169 Å². The zero-order chi connectivity index (χ0) is 20.9. The molecule has 8 nitrogen and oxygen atoms in total. The van der Waals surface area contributed by atoms with Crippen LogP contribution in [0.25, 0.3) is 0 Å². The second-order valence-electron chi connectivity index (χ2n) is 6.49. The molecule has 29 heavy (non-hydrogen) atoms. The van der Waals surface area contributed by atoms with E-state index in [0.29, 0.717) is 30.1 Å². The Morgan fingerprint density at radius 3 is 2.21 bits per heavy atom. The maximum atomic E-state index is 12.5. The number of rotatable bonds is 7. The summed E-state index contributed by atoms with van der Waals surface area (Å²) in [5.41, 5.74) is 0.855. The van der Waals surface area contributed by atoms with Crippen LogP contribution in [-0.2, 0) is 19.6 Å². The van der Waals surface area contributed by atoms with Crippen molar-refractivity contribution in [2.75, 3.05) is 32.1 Å². The van der Waals surface area contributed by atoms with Gasteiger partial charge in [0.1, 0.15) is 5.75 Å². The average molecular weight is 418 g/mol. The summed E-state index contributed by atoms with van der Waals surface area (Å²) in [6, 6.07) is 12.3. The highest BCUT2D eigenvalue weighted by atomic mass is 32.2. The molecule has 3 rings (SSSR count). The van der Waals surface area contributed by atoms with Gasteiger partial charge in [0.25, 0.3) is 5.91 Å². The second-order valence-corrected chi connectivity index (χ2v) is 8.43. The molecular weight excluding hydrogens is 396 g/mol. The van der Waals surface area contributed by atoms with Gasteiger partial charge in [0, 0.05) is 18.8 Å². The summed E-state index contributed by atoms with van der Waals surface area (Å²) < 4.78 is 36.5. The van der Waals surface area contributed by atoms with E-state index in [1.165, 1.54) is 23.5 Å². The van der Waals surface area contributed by atoms with Gasteiger partial charge in [0.05, 0.1) is 17.6 Å². The lowest BCUT2D eigenvalue weighted by atomic mass is 10.2. The van der Waals surface area contributed by atoms with Crippen molar-refractivity contribution in [1.82, 2.24) is 4.31 Å². The molecule has 0 spiro atoms. The number of carbonyl (C=O) groups excluding carboxylic acids is 2. The lowest BCUT2D eigenvalue weighted by Gasteiger charge is -2.15. The number of anilines is 1. The highest BCUT2D eigenvalue weighted by Gasteiger charge is 2.26. The first-order valence-corrected chi connectivity index (χ1v) is 10.6. The fraction of sp³-hybridized carbons (Fsp3) is 0.300. The Bertz CT molecular complexity index is 965. The van der Waals surface area contributed by atoms with Gasteiger partial charge in [-0.05, 0) is 61.4 Å². The van der Waals surface area contributed by atoms with Gasteiger partial charge in [0.15, 0.2) is 6.61 Å². The number of ether oxygens (including phenoxy) is 2. The number of nitrogens with zero attached hydrogens (tertiary/aromatic N) is 1. The van der Waals surface area contributed by atoms with Crippen molar-refractivity contribution >= 4 is 27.6 Å². The van der Waals surface area contributed by atoms with Crippen molar-refractivity contribution in [3.63, 3.8) is 0 Å². The van der Waals surface area contributed by atoms with E-state index in [9.17, 15) is 18.0 Å². The molecule has 1 heterocycles. The maximum Gasteiger partial charge on any atom is 0.337 e. The van der Waals surface area contributed by atoms with Crippen molar-refractivity contribution < 1.29 is 27.5 Å². The monoisotopic (exact) mass is 418 g/mol. The van der Waals surface area contributed by atoms with Gasteiger partial charge in [-0.3, -0.25) is 4.79 Å². The molecule has 0 bridgehead atoms. The molecule has 1 amide bonds. The topological polar surface area (TPSA) is 102 Å². The average Bonchev–Trinajstić information content (AvgIpc) is 3.28. The zero-order valence-electron chi connectivity index (χ0n) is 16.0. The highest BCUT2D eigenvalue weighted by molar-refractivity contribution is 7.89. The fourth-order valence-electron chi connectivity index (χ4n) is 2.94. The number of carbonyl (C=O) groups is 2. The highest BCUT2D eigenvalue weighted by Crippen LogP contribution is 2.22. The number of hydrogen-bond donors (Lipinski definition) is 1. The van der Waals surface area contributed by atoms with E-state index in [1.54, 1.807) is 36.4 Å². The first kappa shape index (κ1) is 20.8. The summed E-state index contributed by atoms with van der Waals surface area (Å²) in [6.07, 6.45) is 1.75. The van der Waals surface area contributed by atoms with Gasteiger partial charge >= 0.3 is 5.97 Å². The lowest BCUT2D eigenvalue weighted by molar-refractivity contribution is -0.118.